The minimum atomic E-state index is 0.201. The molecule has 0 bridgehead atoms. The van der Waals surface area contributed by atoms with E-state index in [1.165, 1.54) is 0 Å². The Morgan fingerprint density at radius 3 is 2.78 bits per heavy atom. The second-order valence-corrected chi connectivity index (χ2v) is 3.97. The zero-order chi connectivity index (χ0) is 12.8. The average molecular weight is 265 g/mol. The normalized spacial score (nSPS) is 10.1. The molecule has 1 aromatic carbocycles. The summed E-state index contributed by atoms with van der Waals surface area (Å²) in [5.74, 6) is 1.41. The van der Waals surface area contributed by atoms with Crippen LogP contribution in [0.1, 0.15) is 0 Å². The van der Waals surface area contributed by atoms with Gasteiger partial charge >= 0.3 is 0 Å². The summed E-state index contributed by atoms with van der Waals surface area (Å²) in [6.45, 7) is 0.201. The molecule has 2 rings (SSSR count). The third-order valence-corrected chi connectivity index (χ3v) is 2.43. The van der Waals surface area contributed by atoms with E-state index in [0.717, 1.165) is 5.69 Å². The van der Waals surface area contributed by atoms with Crippen molar-refractivity contribution >= 4 is 23.1 Å². The molecule has 0 aliphatic heterocycles. The molecule has 0 aliphatic rings. The zero-order valence-corrected chi connectivity index (χ0v) is 10.6. The van der Waals surface area contributed by atoms with E-state index in [1.807, 2.05) is 24.3 Å². The smallest absolute Gasteiger partial charge is 0.188 e. The van der Waals surface area contributed by atoms with Crippen molar-refractivity contribution in [3.05, 3.63) is 47.6 Å². The summed E-state index contributed by atoms with van der Waals surface area (Å²) in [6, 6.07) is 11.1. The topological polar surface area (TPSA) is 43.4 Å². The number of hydrogen-bond donors (Lipinski definition) is 1. The number of nitrogens with zero attached hydrogens (tertiary/aromatic N) is 1. The monoisotopic (exact) mass is 264 g/mol. The van der Waals surface area contributed by atoms with Gasteiger partial charge in [0.2, 0.25) is 0 Å². The molecule has 0 unspecified atom stereocenters. The van der Waals surface area contributed by atoms with Gasteiger partial charge in [0.1, 0.15) is 11.6 Å². The Balaban J connectivity index is 2.15. The van der Waals surface area contributed by atoms with Gasteiger partial charge in [-0.25, -0.2) is 4.98 Å². The van der Waals surface area contributed by atoms with Gasteiger partial charge < -0.3 is 14.8 Å². The summed E-state index contributed by atoms with van der Waals surface area (Å²) < 4.78 is 10.3. The van der Waals surface area contributed by atoms with E-state index in [-0.39, 0.29) is 6.79 Å². The molecule has 18 heavy (non-hydrogen) atoms. The van der Waals surface area contributed by atoms with E-state index in [2.05, 4.69) is 10.3 Å². The van der Waals surface area contributed by atoms with Crippen LogP contribution in [0.4, 0.5) is 11.5 Å². The number of pyridine rings is 1. The maximum absolute atomic E-state index is 5.78. The fourth-order valence-corrected chi connectivity index (χ4v) is 1.52. The number of ether oxygens (including phenoxy) is 2. The molecule has 5 heteroatoms. The van der Waals surface area contributed by atoms with E-state index in [9.17, 15) is 0 Å². The molecule has 0 saturated carbocycles. The molecular formula is C13H13ClN2O2. The Kier molecular flexibility index (Phi) is 4.39. The molecule has 0 radical (unpaired) electrons. The van der Waals surface area contributed by atoms with E-state index in [1.54, 1.807) is 25.4 Å². The summed E-state index contributed by atoms with van der Waals surface area (Å²) in [7, 11) is 1.58. The highest BCUT2D eigenvalue weighted by molar-refractivity contribution is 6.30. The number of hydrogen-bond acceptors (Lipinski definition) is 4. The van der Waals surface area contributed by atoms with Crippen LogP contribution >= 0.6 is 11.6 Å². The first kappa shape index (κ1) is 12.7. The van der Waals surface area contributed by atoms with Gasteiger partial charge in [-0.05, 0) is 24.3 Å². The Morgan fingerprint density at radius 2 is 2.06 bits per heavy atom. The molecule has 0 aliphatic carbocycles. The fraction of sp³-hybridized carbons (Fsp3) is 0.154. The third kappa shape index (κ3) is 3.35. The highest BCUT2D eigenvalue weighted by Crippen LogP contribution is 2.26. The Bertz CT molecular complexity index is 503. The van der Waals surface area contributed by atoms with Crippen molar-refractivity contribution in [3.8, 4) is 5.75 Å². The van der Waals surface area contributed by atoms with Crippen LogP contribution in [0, 0.1) is 0 Å². The Hall–Kier alpha value is -1.78. The molecule has 0 spiro atoms. The fourth-order valence-electron chi connectivity index (χ4n) is 1.41. The van der Waals surface area contributed by atoms with Crippen LogP contribution in [0.15, 0.2) is 42.6 Å². The summed E-state index contributed by atoms with van der Waals surface area (Å²) in [5, 5.41) is 3.76. The first-order valence-corrected chi connectivity index (χ1v) is 5.77. The van der Waals surface area contributed by atoms with Gasteiger partial charge in [0.25, 0.3) is 0 Å². The van der Waals surface area contributed by atoms with Gasteiger partial charge in [-0.15, -0.1) is 0 Å². The van der Waals surface area contributed by atoms with Crippen LogP contribution in [-0.2, 0) is 4.74 Å². The van der Waals surface area contributed by atoms with Crippen molar-refractivity contribution in [3.63, 3.8) is 0 Å². The molecule has 1 aromatic heterocycles. The van der Waals surface area contributed by atoms with Gasteiger partial charge in [-0.3, -0.25) is 0 Å². The largest absolute Gasteiger partial charge is 0.465 e. The Labute approximate surface area is 111 Å². The maximum atomic E-state index is 5.78. The van der Waals surface area contributed by atoms with E-state index in [0.29, 0.717) is 16.6 Å². The van der Waals surface area contributed by atoms with E-state index < -0.39 is 0 Å². The number of benzene rings is 1. The molecule has 0 amide bonds. The van der Waals surface area contributed by atoms with E-state index in [4.69, 9.17) is 21.1 Å². The number of methoxy groups -OCH3 is 1. The molecule has 0 fully saturated rings. The maximum Gasteiger partial charge on any atom is 0.188 e. The number of aromatic nitrogens is 1. The van der Waals surface area contributed by atoms with Crippen LogP contribution in [0.5, 0.6) is 5.75 Å². The predicted octanol–water partition coefficient (Wildman–Crippen LogP) is 3.46. The van der Waals surface area contributed by atoms with Gasteiger partial charge in [-0.1, -0.05) is 23.7 Å². The molecule has 1 N–H and O–H groups in total. The van der Waals surface area contributed by atoms with Crippen LogP contribution in [0.25, 0.3) is 0 Å². The summed E-state index contributed by atoms with van der Waals surface area (Å²) in [6.07, 6.45) is 1.59. The van der Waals surface area contributed by atoms with Crippen molar-refractivity contribution in [2.24, 2.45) is 0 Å². The lowest BCUT2D eigenvalue weighted by molar-refractivity contribution is 0.0516. The first-order valence-electron chi connectivity index (χ1n) is 5.39. The van der Waals surface area contributed by atoms with Gasteiger partial charge in [0, 0.05) is 13.3 Å². The molecule has 1 heterocycles. The molecule has 0 saturated heterocycles. The number of anilines is 2. The van der Waals surface area contributed by atoms with Crippen molar-refractivity contribution < 1.29 is 9.47 Å². The third-order valence-electron chi connectivity index (χ3n) is 2.21. The van der Waals surface area contributed by atoms with Crippen LogP contribution in [-0.4, -0.2) is 18.9 Å². The van der Waals surface area contributed by atoms with Gasteiger partial charge in [0.15, 0.2) is 6.79 Å². The molecule has 94 valence electrons. The van der Waals surface area contributed by atoms with Crippen LogP contribution in [0.2, 0.25) is 5.02 Å². The highest BCUT2D eigenvalue weighted by Gasteiger charge is 2.03. The van der Waals surface area contributed by atoms with Gasteiger partial charge in [-0.2, -0.15) is 0 Å². The van der Waals surface area contributed by atoms with Crippen LogP contribution in [0.3, 0.4) is 0 Å². The minimum Gasteiger partial charge on any atom is -0.465 e. The zero-order valence-electron chi connectivity index (χ0n) is 9.89. The van der Waals surface area contributed by atoms with Crippen molar-refractivity contribution in [2.75, 3.05) is 19.2 Å². The summed E-state index contributed by atoms with van der Waals surface area (Å²) in [5.41, 5.74) is 0.823. The first-order chi connectivity index (χ1) is 8.79. The predicted molar refractivity (Wildman–Crippen MR) is 71.5 cm³/mol. The SMILES string of the molecule is COCOc1ccccc1Nc1ccc(Cl)cn1. The lowest BCUT2D eigenvalue weighted by atomic mass is 10.3. The highest BCUT2D eigenvalue weighted by atomic mass is 35.5. The van der Waals surface area contributed by atoms with E-state index >= 15 is 0 Å². The number of rotatable bonds is 5. The lowest BCUT2D eigenvalue weighted by Crippen LogP contribution is -2.02. The van der Waals surface area contributed by atoms with Crippen molar-refractivity contribution in [1.82, 2.24) is 4.98 Å². The number of nitrogens with one attached hydrogen (secondary N) is 1. The van der Waals surface area contributed by atoms with Gasteiger partial charge in [0.05, 0.1) is 10.7 Å². The average Bonchev–Trinajstić information content (AvgIpc) is 2.40. The molecular weight excluding hydrogens is 252 g/mol. The quantitative estimate of drug-likeness (QED) is 0.840. The molecule has 0 atom stereocenters. The van der Waals surface area contributed by atoms with Crippen molar-refractivity contribution in [1.29, 1.82) is 0 Å². The standard InChI is InChI=1S/C13H13ClN2O2/c1-17-9-18-12-5-3-2-4-11(12)16-13-7-6-10(14)8-15-13/h2-8H,9H2,1H3,(H,15,16). The molecule has 2 aromatic rings. The number of halogens is 1. The lowest BCUT2D eigenvalue weighted by Gasteiger charge is -2.11. The van der Waals surface area contributed by atoms with Crippen molar-refractivity contribution in [2.45, 2.75) is 0 Å². The summed E-state index contributed by atoms with van der Waals surface area (Å²) >= 11 is 5.78. The second-order valence-electron chi connectivity index (χ2n) is 3.53. The minimum absolute atomic E-state index is 0.201. The van der Waals surface area contributed by atoms with Crippen LogP contribution < -0.4 is 10.1 Å². The Morgan fingerprint density at radius 1 is 1.22 bits per heavy atom. The molecule has 4 nitrogen and oxygen atoms in total. The summed E-state index contributed by atoms with van der Waals surface area (Å²) in [4.78, 5) is 4.17. The second kappa shape index (κ2) is 6.23. The number of para-hydroxylation sites is 2.